The molecule has 1 aromatic heterocycles. The summed E-state index contributed by atoms with van der Waals surface area (Å²) in [4.78, 5) is 4.27. The summed E-state index contributed by atoms with van der Waals surface area (Å²) in [6.07, 6.45) is 4.92. The molecule has 0 bridgehead atoms. The Hall–Kier alpha value is -1.35. The number of methoxy groups -OCH3 is 1. The first-order chi connectivity index (χ1) is 8.69. The molecule has 0 saturated carbocycles. The minimum atomic E-state index is 0.283. The average molecular weight is 248 g/mol. The molecule has 0 spiro atoms. The van der Waals surface area contributed by atoms with E-state index in [2.05, 4.69) is 36.8 Å². The van der Waals surface area contributed by atoms with E-state index in [1.165, 1.54) is 5.57 Å². The molecular weight excluding hydrogens is 224 g/mol. The highest BCUT2D eigenvalue weighted by Crippen LogP contribution is 2.26. The second-order valence-corrected chi connectivity index (χ2v) is 4.60. The van der Waals surface area contributed by atoms with Gasteiger partial charge in [-0.25, -0.2) is 4.98 Å². The summed E-state index contributed by atoms with van der Waals surface area (Å²) in [5.74, 6) is 0.716. The molecule has 100 valence electrons. The maximum absolute atomic E-state index is 5.34. The molecule has 3 nitrogen and oxygen atoms in total. The van der Waals surface area contributed by atoms with Crippen LogP contribution in [-0.2, 0) is 0 Å². The van der Waals surface area contributed by atoms with E-state index < -0.39 is 0 Å². The van der Waals surface area contributed by atoms with E-state index in [0.29, 0.717) is 5.88 Å². The van der Waals surface area contributed by atoms with Gasteiger partial charge in [-0.3, -0.25) is 0 Å². The number of pyridine rings is 1. The van der Waals surface area contributed by atoms with Gasteiger partial charge in [0, 0.05) is 17.8 Å². The number of nitrogens with one attached hydrogen (secondary N) is 1. The predicted molar refractivity (Wildman–Crippen MR) is 75.9 cm³/mol. The molecule has 0 radical (unpaired) electrons. The lowest BCUT2D eigenvalue weighted by Gasteiger charge is -2.20. The molecule has 1 atom stereocenters. The van der Waals surface area contributed by atoms with Crippen molar-refractivity contribution in [3.63, 3.8) is 0 Å². The standard InChI is InChI=1S/C15H24N2O/c1-5-10-16-14(9-8-12(2)3)13-7-6-11-17-15(13)18-4/h6-7,11,14,16H,2,5,8-10H2,1,3-4H3. The van der Waals surface area contributed by atoms with E-state index >= 15 is 0 Å². The molecule has 0 aliphatic heterocycles. The van der Waals surface area contributed by atoms with Crippen LogP contribution in [-0.4, -0.2) is 18.6 Å². The molecule has 0 aromatic carbocycles. The summed E-state index contributed by atoms with van der Waals surface area (Å²) < 4.78 is 5.34. The highest BCUT2D eigenvalue weighted by Gasteiger charge is 2.15. The van der Waals surface area contributed by atoms with Crippen LogP contribution in [0.2, 0.25) is 0 Å². The van der Waals surface area contributed by atoms with Gasteiger partial charge in [-0.05, 0) is 38.8 Å². The zero-order valence-electron chi connectivity index (χ0n) is 11.7. The molecule has 18 heavy (non-hydrogen) atoms. The first-order valence-electron chi connectivity index (χ1n) is 6.55. The van der Waals surface area contributed by atoms with Gasteiger partial charge in [0.15, 0.2) is 0 Å². The molecular formula is C15H24N2O. The molecule has 3 heteroatoms. The summed E-state index contributed by atoms with van der Waals surface area (Å²) in [5.41, 5.74) is 2.34. The van der Waals surface area contributed by atoms with Crippen molar-refractivity contribution in [1.29, 1.82) is 0 Å². The van der Waals surface area contributed by atoms with E-state index in [4.69, 9.17) is 4.74 Å². The third-order valence-corrected chi connectivity index (χ3v) is 2.87. The molecule has 1 unspecified atom stereocenters. The van der Waals surface area contributed by atoms with Crippen molar-refractivity contribution in [2.75, 3.05) is 13.7 Å². The summed E-state index contributed by atoms with van der Waals surface area (Å²) in [6.45, 7) is 9.20. The summed E-state index contributed by atoms with van der Waals surface area (Å²) in [5, 5.41) is 3.55. The van der Waals surface area contributed by atoms with Crippen LogP contribution in [0.4, 0.5) is 0 Å². The third-order valence-electron chi connectivity index (χ3n) is 2.87. The fraction of sp³-hybridized carbons (Fsp3) is 0.533. The number of hydrogen-bond acceptors (Lipinski definition) is 3. The molecule has 0 amide bonds. The van der Waals surface area contributed by atoms with Crippen molar-refractivity contribution >= 4 is 0 Å². The number of aromatic nitrogens is 1. The van der Waals surface area contributed by atoms with Crippen LogP contribution < -0.4 is 10.1 Å². The van der Waals surface area contributed by atoms with Gasteiger partial charge >= 0.3 is 0 Å². The maximum Gasteiger partial charge on any atom is 0.217 e. The fourth-order valence-electron chi connectivity index (χ4n) is 1.92. The van der Waals surface area contributed by atoms with Crippen LogP contribution in [0.3, 0.4) is 0 Å². The molecule has 0 aliphatic carbocycles. The maximum atomic E-state index is 5.34. The summed E-state index contributed by atoms with van der Waals surface area (Å²) in [7, 11) is 1.67. The van der Waals surface area contributed by atoms with Crippen molar-refractivity contribution in [1.82, 2.24) is 10.3 Å². The highest BCUT2D eigenvalue weighted by atomic mass is 16.5. The van der Waals surface area contributed by atoms with Crippen molar-refractivity contribution < 1.29 is 4.74 Å². The Balaban J connectivity index is 2.82. The third kappa shape index (κ3) is 4.49. The monoisotopic (exact) mass is 248 g/mol. The van der Waals surface area contributed by atoms with Crippen LogP contribution in [0.15, 0.2) is 30.5 Å². The minimum Gasteiger partial charge on any atom is -0.481 e. The first kappa shape index (κ1) is 14.7. The van der Waals surface area contributed by atoms with Crippen LogP contribution in [0.1, 0.15) is 44.7 Å². The number of allylic oxidation sites excluding steroid dienone is 1. The van der Waals surface area contributed by atoms with Gasteiger partial charge in [0.25, 0.3) is 0 Å². The smallest absolute Gasteiger partial charge is 0.217 e. The first-order valence-corrected chi connectivity index (χ1v) is 6.55. The van der Waals surface area contributed by atoms with Crippen molar-refractivity contribution in [3.8, 4) is 5.88 Å². The van der Waals surface area contributed by atoms with Gasteiger partial charge < -0.3 is 10.1 Å². The van der Waals surface area contributed by atoms with Crippen LogP contribution in [0, 0.1) is 0 Å². The van der Waals surface area contributed by atoms with E-state index in [1.54, 1.807) is 13.3 Å². The second-order valence-electron chi connectivity index (χ2n) is 4.60. The van der Waals surface area contributed by atoms with Gasteiger partial charge in [-0.2, -0.15) is 0 Å². The van der Waals surface area contributed by atoms with Gasteiger partial charge in [-0.15, -0.1) is 6.58 Å². The quantitative estimate of drug-likeness (QED) is 0.715. The molecule has 1 aromatic rings. The Morgan fingerprint density at radius 3 is 2.94 bits per heavy atom. The Morgan fingerprint density at radius 2 is 2.33 bits per heavy atom. The molecule has 0 aliphatic rings. The Labute approximate surface area is 110 Å². The Kier molecular flexibility index (Phi) is 6.44. The Morgan fingerprint density at radius 1 is 1.56 bits per heavy atom. The van der Waals surface area contributed by atoms with E-state index in [0.717, 1.165) is 31.4 Å². The lowest BCUT2D eigenvalue weighted by molar-refractivity contribution is 0.379. The molecule has 1 heterocycles. The normalized spacial score (nSPS) is 12.2. The molecule has 0 saturated heterocycles. The number of rotatable bonds is 8. The zero-order chi connectivity index (χ0) is 13.4. The van der Waals surface area contributed by atoms with Crippen LogP contribution in [0.25, 0.3) is 0 Å². The predicted octanol–water partition coefficient (Wildman–Crippen LogP) is 3.49. The van der Waals surface area contributed by atoms with Crippen LogP contribution >= 0.6 is 0 Å². The van der Waals surface area contributed by atoms with Crippen LogP contribution in [0.5, 0.6) is 5.88 Å². The van der Waals surface area contributed by atoms with E-state index in [1.807, 2.05) is 6.07 Å². The highest BCUT2D eigenvalue weighted by molar-refractivity contribution is 5.29. The van der Waals surface area contributed by atoms with Crippen molar-refractivity contribution in [3.05, 3.63) is 36.0 Å². The van der Waals surface area contributed by atoms with Crippen molar-refractivity contribution in [2.45, 2.75) is 39.2 Å². The molecule has 1 rings (SSSR count). The number of nitrogens with zero attached hydrogens (tertiary/aromatic N) is 1. The lowest BCUT2D eigenvalue weighted by atomic mass is 10.0. The van der Waals surface area contributed by atoms with Gasteiger partial charge in [0.05, 0.1) is 7.11 Å². The van der Waals surface area contributed by atoms with E-state index in [-0.39, 0.29) is 6.04 Å². The topological polar surface area (TPSA) is 34.2 Å². The minimum absolute atomic E-state index is 0.283. The fourth-order valence-corrected chi connectivity index (χ4v) is 1.92. The van der Waals surface area contributed by atoms with Gasteiger partial charge in [0.2, 0.25) is 5.88 Å². The summed E-state index contributed by atoms with van der Waals surface area (Å²) >= 11 is 0. The Bertz CT molecular complexity index is 377. The largest absolute Gasteiger partial charge is 0.481 e. The average Bonchev–Trinajstić information content (AvgIpc) is 2.38. The molecule has 1 N–H and O–H groups in total. The molecule has 0 fully saturated rings. The lowest BCUT2D eigenvalue weighted by Crippen LogP contribution is -2.23. The van der Waals surface area contributed by atoms with Gasteiger partial charge in [0.1, 0.15) is 0 Å². The SMILES string of the molecule is C=C(C)CCC(NCCC)c1cccnc1OC. The van der Waals surface area contributed by atoms with Crippen molar-refractivity contribution in [2.24, 2.45) is 0 Å². The van der Waals surface area contributed by atoms with E-state index in [9.17, 15) is 0 Å². The number of hydrogen-bond donors (Lipinski definition) is 1. The van der Waals surface area contributed by atoms with Gasteiger partial charge in [-0.1, -0.05) is 18.6 Å². The second kappa shape index (κ2) is 7.88. The number of ether oxygens (including phenoxy) is 1. The zero-order valence-corrected chi connectivity index (χ0v) is 11.7. The summed E-state index contributed by atoms with van der Waals surface area (Å²) in [6, 6.07) is 4.32.